The maximum absolute atomic E-state index is 12.4. The van der Waals surface area contributed by atoms with Gasteiger partial charge in [-0.05, 0) is 24.6 Å². The Hall–Kier alpha value is -2.89. The molecule has 0 fully saturated rings. The number of anilines is 1. The summed E-state index contributed by atoms with van der Waals surface area (Å²) in [6.45, 7) is 2.75. The first-order valence-corrected chi connectivity index (χ1v) is 8.21. The molecule has 25 heavy (non-hydrogen) atoms. The van der Waals surface area contributed by atoms with Gasteiger partial charge in [-0.2, -0.15) is 0 Å². The minimum atomic E-state index is -0.327. The van der Waals surface area contributed by atoms with E-state index < -0.39 is 0 Å². The number of methoxy groups -OCH3 is 1. The molecule has 0 aliphatic heterocycles. The molecule has 6 heteroatoms. The molecule has 2 aromatic rings. The average molecular weight is 341 g/mol. The van der Waals surface area contributed by atoms with E-state index in [0.717, 1.165) is 12.8 Å². The van der Waals surface area contributed by atoms with Crippen LogP contribution in [0.5, 0.6) is 5.75 Å². The van der Waals surface area contributed by atoms with E-state index in [1.165, 1.54) is 12.4 Å². The smallest absolute Gasteiger partial charge is 0.257 e. The summed E-state index contributed by atoms with van der Waals surface area (Å²) in [6, 6.07) is 8.63. The van der Waals surface area contributed by atoms with Crippen LogP contribution in [-0.2, 0) is 0 Å². The van der Waals surface area contributed by atoms with Gasteiger partial charge in [0.1, 0.15) is 5.75 Å². The molecule has 0 bridgehead atoms. The van der Waals surface area contributed by atoms with Crippen LogP contribution in [-0.4, -0.2) is 42.4 Å². The average Bonchev–Trinajstić information content (AvgIpc) is 2.65. The number of benzene rings is 1. The molecule has 0 saturated heterocycles. The van der Waals surface area contributed by atoms with Crippen LogP contribution in [0.4, 0.5) is 5.69 Å². The largest absolute Gasteiger partial charge is 0.497 e. The molecule has 0 aliphatic carbocycles. The standard InChI is InChI=1S/C19H23N3O3/c1-4-5-9-22(2)19(24)15-10-14(12-20-13-15)18(23)21-16-7-6-8-17(11-16)25-3/h6-8,10-13H,4-5,9H2,1-3H3,(H,21,23). The third-order valence-electron chi connectivity index (χ3n) is 3.77. The lowest BCUT2D eigenvalue weighted by Gasteiger charge is -2.16. The summed E-state index contributed by atoms with van der Waals surface area (Å²) in [5.41, 5.74) is 1.34. The number of hydrogen-bond donors (Lipinski definition) is 1. The Labute approximate surface area is 147 Å². The third kappa shape index (κ3) is 5.04. The van der Waals surface area contributed by atoms with Crippen molar-refractivity contribution in [2.75, 3.05) is 26.0 Å². The maximum atomic E-state index is 12.4. The third-order valence-corrected chi connectivity index (χ3v) is 3.77. The highest BCUT2D eigenvalue weighted by Gasteiger charge is 2.15. The van der Waals surface area contributed by atoms with Gasteiger partial charge in [-0.1, -0.05) is 19.4 Å². The van der Waals surface area contributed by atoms with Crippen LogP contribution < -0.4 is 10.1 Å². The molecule has 1 N–H and O–H groups in total. The highest BCUT2D eigenvalue weighted by atomic mass is 16.5. The molecule has 0 unspecified atom stereocenters. The second-order valence-corrected chi connectivity index (χ2v) is 5.73. The number of amides is 2. The number of pyridine rings is 1. The van der Waals surface area contributed by atoms with Crippen molar-refractivity contribution >= 4 is 17.5 Å². The minimum Gasteiger partial charge on any atom is -0.497 e. The maximum Gasteiger partial charge on any atom is 0.257 e. The number of ether oxygens (including phenoxy) is 1. The Morgan fingerprint density at radius 2 is 1.96 bits per heavy atom. The van der Waals surface area contributed by atoms with Gasteiger partial charge in [-0.3, -0.25) is 14.6 Å². The molecule has 0 saturated carbocycles. The highest BCUT2D eigenvalue weighted by molar-refractivity contribution is 6.05. The van der Waals surface area contributed by atoms with Crippen LogP contribution in [0.3, 0.4) is 0 Å². The van der Waals surface area contributed by atoms with Gasteiger partial charge < -0.3 is 15.0 Å². The molecule has 1 aromatic carbocycles. The van der Waals surface area contributed by atoms with Crippen LogP contribution in [0.1, 0.15) is 40.5 Å². The van der Waals surface area contributed by atoms with Gasteiger partial charge in [0.25, 0.3) is 11.8 Å². The fourth-order valence-electron chi connectivity index (χ4n) is 2.30. The summed E-state index contributed by atoms with van der Waals surface area (Å²) in [4.78, 5) is 30.5. The second-order valence-electron chi connectivity index (χ2n) is 5.73. The number of carbonyl (C=O) groups is 2. The van der Waals surface area contributed by atoms with Crippen molar-refractivity contribution in [3.05, 3.63) is 53.9 Å². The topological polar surface area (TPSA) is 71.5 Å². The number of aromatic nitrogens is 1. The summed E-state index contributed by atoms with van der Waals surface area (Å²) in [7, 11) is 3.32. The fraction of sp³-hybridized carbons (Fsp3) is 0.316. The molecular formula is C19H23N3O3. The van der Waals surface area contributed by atoms with E-state index in [9.17, 15) is 9.59 Å². The van der Waals surface area contributed by atoms with E-state index in [2.05, 4.69) is 17.2 Å². The van der Waals surface area contributed by atoms with Crippen molar-refractivity contribution < 1.29 is 14.3 Å². The number of unbranched alkanes of at least 4 members (excludes halogenated alkanes) is 1. The zero-order valence-electron chi connectivity index (χ0n) is 14.8. The SMILES string of the molecule is CCCCN(C)C(=O)c1cncc(C(=O)Nc2cccc(OC)c2)c1. The van der Waals surface area contributed by atoms with Gasteiger partial charge in [-0.25, -0.2) is 0 Å². The zero-order valence-corrected chi connectivity index (χ0v) is 14.8. The molecule has 0 spiro atoms. The van der Waals surface area contributed by atoms with Gasteiger partial charge in [-0.15, -0.1) is 0 Å². The summed E-state index contributed by atoms with van der Waals surface area (Å²) < 4.78 is 5.14. The zero-order chi connectivity index (χ0) is 18.2. The van der Waals surface area contributed by atoms with E-state index in [0.29, 0.717) is 29.1 Å². The molecule has 0 radical (unpaired) electrons. The molecule has 0 aliphatic rings. The second kappa shape index (κ2) is 8.82. The molecule has 132 valence electrons. The normalized spacial score (nSPS) is 10.2. The predicted octanol–water partition coefficient (Wildman–Crippen LogP) is 3.21. The fourth-order valence-corrected chi connectivity index (χ4v) is 2.30. The Bertz CT molecular complexity index is 746. The number of nitrogens with one attached hydrogen (secondary N) is 1. The Kier molecular flexibility index (Phi) is 6.51. The molecule has 2 amide bonds. The molecule has 0 atom stereocenters. The van der Waals surface area contributed by atoms with Crippen LogP contribution in [0.2, 0.25) is 0 Å². The van der Waals surface area contributed by atoms with E-state index >= 15 is 0 Å². The first kappa shape index (κ1) is 18.4. The van der Waals surface area contributed by atoms with Crippen LogP contribution in [0.15, 0.2) is 42.7 Å². The minimum absolute atomic E-state index is 0.142. The number of hydrogen-bond acceptors (Lipinski definition) is 4. The lowest BCUT2D eigenvalue weighted by atomic mass is 10.1. The Balaban J connectivity index is 2.11. The number of nitrogens with zero attached hydrogens (tertiary/aromatic N) is 2. The van der Waals surface area contributed by atoms with Gasteiger partial charge >= 0.3 is 0 Å². The Morgan fingerprint density at radius 3 is 2.68 bits per heavy atom. The van der Waals surface area contributed by atoms with E-state index in [4.69, 9.17) is 4.74 Å². The van der Waals surface area contributed by atoms with Crippen molar-refractivity contribution in [3.8, 4) is 5.75 Å². The summed E-state index contributed by atoms with van der Waals surface area (Å²) in [5, 5.41) is 2.78. The van der Waals surface area contributed by atoms with Gasteiger partial charge in [0.2, 0.25) is 0 Å². The molecular weight excluding hydrogens is 318 g/mol. The number of rotatable bonds is 7. The summed E-state index contributed by atoms with van der Waals surface area (Å²) in [6.07, 6.45) is 4.87. The monoisotopic (exact) mass is 341 g/mol. The van der Waals surface area contributed by atoms with Crippen molar-refractivity contribution in [2.24, 2.45) is 0 Å². The highest BCUT2D eigenvalue weighted by Crippen LogP contribution is 2.17. The first-order chi connectivity index (χ1) is 12.0. The van der Waals surface area contributed by atoms with Crippen LogP contribution >= 0.6 is 0 Å². The lowest BCUT2D eigenvalue weighted by molar-refractivity contribution is 0.0793. The quantitative estimate of drug-likeness (QED) is 0.839. The molecule has 1 aromatic heterocycles. The van der Waals surface area contributed by atoms with Gasteiger partial charge in [0.15, 0.2) is 0 Å². The number of carbonyl (C=O) groups excluding carboxylic acids is 2. The summed E-state index contributed by atoms with van der Waals surface area (Å²) in [5.74, 6) is 0.181. The van der Waals surface area contributed by atoms with E-state index in [-0.39, 0.29) is 11.8 Å². The predicted molar refractivity (Wildman–Crippen MR) is 97.1 cm³/mol. The van der Waals surface area contributed by atoms with Crippen molar-refractivity contribution in [2.45, 2.75) is 19.8 Å². The molecule has 1 heterocycles. The first-order valence-electron chi connectivity index (χ1n) is 8.21. The van der Waals surface area contributed by atoms with Gasteiger partial charge in [0.05, 0.1) is 18.2 Å². The summed E-state index contributed by atoms with van der Waals surface area (Å²) >= 11 is 0. The van der Waals surface area contributed by atoms with Crippen molar-refractivity contribution in [3.63, 3.8) is 0 Å². The lowest BCUT2D eigenvalue weighted by Crippen LogP contribution is -2.28. The Morgan fingerprint density at radius 1 is 1.20 bits per heavy atom. The molecule has 2 rings (SSSR count). The van der Waals surface area contributed by atoms with Crippen LogP contribution in [0, 0.1) is 0 Å². The molecule has 6 nitrogen and oxygen atoms in total. The van der Waals surface area contributed by atoms with Crippen molar-refractivity contribution in [1.82, 2.24) is 9.88 Å². The van der Waals surface area contributed by atoms with Crippen molar-refractivity contribution in [1.29, 1.82) is 0 Å². The van der Waals surface area contributed by atoms with E-state index in [1.54, 1.807) is 49.4 Å². The van der Waals surface area contributed by atoms with Crippen LogP contribution in [0.25, 0.3) is 0 Å². The van der Waals surface area contributed by atoms with Gasteiger partial charge in [0, 0.05) is 37.7 Å². The van der Waals surface area contributed by atoms with E-state index in [1.807, 2.05) is 0 Å².